The van der Waals surface area contributed by atoms with Gasteiger partial charge in [-0.25, -0.2) is 0 Å². The van der Waals surface area contributed by atoms with E-state index in [9.17, 15) is 9.59 Å². The minimum Gasteiger partial charge on any atom is -0.507 e. The first-order valence-electron chi connectivity index (χ1n) is 7.56. The fourth-order valence-corrected chi connectivity index (χ4v) is 1.69. The second-order valence-corrected chi connectivity index (χ2v) is 4.98. The van der Waals surface area contributed by atoms with E-state index >= 15 is 0 Å². The number of rotatable bonds is 2. The average Bonchev–Trinajstić information content (AvgIpc) is 2.66. The molecule has 0 atom stereocenters. The Hall–Kier alpha value is -3.31. The number of phenolic OH excluding ortho intramolecular Hbond substituents is 2. The number of hydrogen-bond acceptors (Lipinski definition) is 6. The van der Waals surface area contributed by atoms with Crippen LogP contribution >= 0.6 is 0 Å². The van der Waals surface area contributed by atoms with Crippen molar-refractivity contribution in [2.75, 3.05) is 11.5 Å². The molecule has 3 aromatic rings. The van der Waals surface area contributed by atoms with Crippen molar-refractivity contribution < 1.29 is 36.3 Å². The Morgan fingerprint density at radius 3 is 1.11 bits per heavy atom. The monoisotopic (exact) mass is 410 g/mol. The zero-order valence-corrected chi connectivity index (χ0v) is 15.3. The molecule has 0 spiro atoms. The van der Waals surface area contributed by atoms with Crippen molar-refractivity contribution in [1.29, 1.82) is 0 Å². The summed E-state index contributed by atoms with van der Waals surface area (Å²) in [6.07, 6.45) is 1.24. The summed E-state index contributed by atoms with van der Waals surface area (Å²) in [5, 5.41) is 17.8. The third-order valence-corrected chi connectivity index (χ3v) is 3.12. The molecule has 3 rings (SSSR count). The van der Waals surface area contributed by atoms with Crippen LogP contribution in [0.1, 0.15) is 20.7 Å². The maximum atomic E-state index is 10.1. The second-order valence-electron chi connectivity index (χ2n) is 4.98. The number of nitrogen functional groups attached to an aromatic ring is 2. The van der Waals surface area contributed by atoms with Gasteiger partial charge in [0.15, 0.2) is 12.6 Å². The van der Waals surface area contributed by atoms with Gasteiger partial charge >= 0.3 is 0 Å². The average molecular weight is 411 g/mol. The number of carbonyl (C=O) groups is 2. The summed E-state index contributed by atoms with van der Waals surface area (Å²) in [7, 11) is 0. The van der Waals surface area contributed by atoms with Crippen LogP contribution in [-0.2, 0) is 16.5 Å². The first-order chi connectivity index (χ1) is 12.5. The molecule has 0 saturated heterocycles. The van der Waals surface area contributed by atoms with Crippen LogP contribution in [0.25, 0.3) is 0 Å². The zero-order chi connectivity index (χ0) is 19.4. The van der Waals surface area contributed by atoms with Gasteiger partial charge in [-0.05, 0) is 36.4 Å². The van der Waals surface area contributed by atoms with Gasteiger partial charge in [-0.1, -0.05) is 36.4 Å². The Labute approximate surface area is 167 Å². The van der Waals surface area contributed by atoms with E-state index in [1.54, 1.807) is 48.5 Å². The standard InChI is InChI=1S/2C7H6O2.C6H8N2.Ni/c2*8-5-6-3-1-2-4-7(6)9;7-5-3-1-2-4-6(5)8;/h2*1-5,9H;1-4H,7-8H2;. The molecule has 0 amide bonds. The van der Waals surface area contributed by atoms with Crippen molar-refractivity contribution >= 4 is 23.9 Å². The van der Waals surface area contributed by atoms with Crippen molar-refractivity contribution in [1.82, 2.24) is 0 Å². The number of hydrogen-bond donors (Lipinski definition) is 4. The summed E-state index contributed by atoms with van der Waals surface area (Å²) in [5.41, 5.74) is 12.7. The smallest absolute Gasteiger partial charge is 0.153 e. The van der Waals surface area contributed by atoms with Gasteiger partial charge < -0.3 is 21.7 Å². The third kappa shape index (κ3) is 8.56. The molecule has 0 aliphatic carbocycles. The molecule has 3 aromatic carbocycles. The molecule has 6 N–H and O–H groups in total. The maximum Gasteiger partial charge on any atom is 0.153 e. The van der Waals surface area contributed by atoms with Gasteiger partial charge in [-0.3, -0.25) is 9.59 Å². The van der Waals surface area contributed by atoms with E-state index in [4.69, 9.17) is 21.7 Å². The van der Waals surface area contributed by atoms with Crippen molar-refractivity contribution in [3.05, 3.63) is 83.9 Å². The van der Waals surface area contributed by atoms with Crippen LogP contribution in [0.4, 0.5) is 11.4 Å². The van der Waals surface area contributed by atoms with E-state index in [2.05, 4.69) is 0 Å². The van der Waals surface area contributed by atoms with E-state index in [0.29, 0.717) is 35.1 Å². The van der Waals surface area contributed by atoms with Crippen LogP contribution in [0, 0.1) is 0 Å². The van der Waals surface area contributed by atoms with Crippen LogP contribution < -0.4 is 11.5 Å². The van der Waals surface area contributed by atoms with E-state index in [1.165, 1.54) is 12.1 Å². The van der Waals surface area contributed by atoms with Gasteiger partial charge in [0.2, 0.25) is 0 Å². The number of aldehydes is 2. The number of benzene rings is 3. The number of carbonyl (C=O) groups excluding carboxylic acids is 2. The molecule has 0 aliphatic heterocycles. The molecule has 0 aromatic heterocycles. The Kier molecular flexibility index (Phi) is 11.4. The van der Waals surface area contributed by atoms with E-state index in [-0.39, 0.29) is 28.0 Å². The van der Waals surface area contributed by atoms with Crippen molar-refractivity contribution in [2.45, 2.75) is 0 Å². The summed E-state index contributed by atoms with van der Waals surface area (Å²) >= 11 is 0. The molecule has 0 heterocycles. The van der Waals surface area contributed by atoms with Crippen LogP contribution in [0.3, 0.4) is 0 Å². The van der Waals surface area contributed by atoms with Gasteiger partial charge in [-0.15, -0.1) is 0 Å². The molecule has 0 fully saturated rings. The van der Waals surface area contributed by atoms with Crippen LogP contribution in [0.2, 0.25) is 0 Å². The fourth-order valence-electron chi connectivity index (χ4n) is 1.69. The normalized spacial score (nSPS) is 8.59. The summed E-state index contributed by atoms with van der Waals surface area (Å²) in [5.74, 6) is 0.0694. The summed E-state index contributed by atoms with van der Waals surface area (Å²) in [4.78, 5) is 20.1. The maximum absolute atomic E-state index is 10.1. The Morgan fingerprint density at radius 2 is 0.889 bits per heavy atom. The Balaban J connectivity index is 0.000000369. The largest absolute Gasteiger partial charge is 0.507 e. The van der Waals surface area contributed by atoms with Crippen molar-refractivity contribution in [3.8, 4) is 11.5 Å². The Morgan fingerprint density at radius 1 is 0.593 bits per heavy atom. The van der Waals surface area contributed by atoms with Crippen molar-refractivity contribution in [3.63, 3.8) is 0 Å². The number of phenols is 2. The minimum atomic E-state index is 0. The summed E-state index contributed by atoms with van der Waals surface area (Å²) in [6.45, 7) is 0. The van der Waals surface area contributed by atoms with Gasteiger partial charge in [0.05, 0.1) is 22.5 Å². The summed E-state index contributed by atoms with van der Waals surface area (Å²) in [6, 6.07) is 20.1. The van der Waals surface area contributed by atoms with Gasteiger partial charge in [0.1, 0.15) is 11.5 Å². The van der Waals surface area contributed by atoms with Gasteiger partial charge in [0, 0.05) is 16.5 Å². The first-order valence-corrected chi connectivity index (χ1v) is 7.56. The molecular weight excluding hydrogens is 391 g/mol. The SMILES string of the molecule is Nc1ccccc1N.O=Cc1ccccc1O.O=Cc1ccccc1O.[Ni]. The second kappa shape index (κ2) is 13.0. The van der Waals surface area contributed by atoms with Crippen LogP contribution in [-0.4, -0.2) is 22.8 Å². The predicted molar refractivity (Wildman–Crippen MR) is 102 cm³/mol. The van der Waals surface area contributed by atoms with E-state index in [0.717, 1.165) is 0 Å². The number of anilines is 2. The topological polar surface area (TPSA) is 127 Å². The Bertz CT molecular complexity index is 786. The quantitative estimate of drug-likeness (QED) is 0.291. The molecule has 0 radical (unpaired) electrons. The molecule has 0 saturated carbocycles. The predicted octanol–water partition coefficient (Wildman–Crippen LogP) is 3.26. The van der Waals surface area contributed by atoms with Gasteiger partial charge in [-0.2, -0.15) is 0 Å². The van der Waals surface area contributed by atoms with Crippen molar-refractivity contribution in [2.24, 2.45) is 0 Å². The summed E-state index contributed by atoms with van der Waals surface area (Å²) < 4.78 is 0. The van der Waals surface area contributed by atoms with Crippen LogP contribution in [0.5, 0.6) is 11.5 Å². The third-order valence-electron chi connectivity index (χ3n) is 3.12. The zero-order valence-electron chi connectivity index (χ0n) is 14.3. The first kappa shape index (κ1) is 23.7. The molecular formula is C20H20N2NiO4. The molecule has 0 unspecified atom stereocenters. The molecule has 144 valence electrons. The fraction of sp³-hybridized carbons (Fsp3) is 0. The molecule has 27 heavy (non-hydrogen) atoms. The minimum absolute atomic E-state index is 0. The van der Waals surface area contributed by atoms with E-state index < -0.39 is 0 Å². The number of para-hydroxylation sites is 4. The number of nitrogens with two attached hydrogens (primary N) is 2. The van der Waals surface area contributed by atoms with Crippen LogP contribution in [0.15, 0.2) is 72.8 Å². The van der Waals surface area contributed by atoms with Gasteiger partial charge in [0.25, 0.3) is 0 Å². The number of aromatic hydroxyl groups is 2. The van der Waals surface area contributed by atoms with E-state index in [1.807, 2.05) is 12.1 Å². The molecule has 6 nitrogen and oxygen atoms in total. The molecule has 0 aliphatic rings. The molecule has 7 heteroatoms. The molecule has 0 bridgehead atoms.